The summed E-state index contributed by atoms with van der Waals surface area (Å²) in [6.45, 7) is 1.82. The third kappa shape index (κ3) is 4.09. The van der Waals surface area contributed by atoms with Gasteiger partial charge in [-0.1, -0.05) is 0 Å². The highest BCUT2D eigenvalue weighted by atomic mass is 79.9. The Hall–Kier alpha value is -3.46. The van der Waals surface area contributed by atoms with Gasteiger partial charge in [-0.2, -0.15) is 5.10 Å². The van der Waals surface area contributed by atoms with Crippen LogP contribution < -0.4 is 10.6 Å². The third-order valence-corrected chi connectivity index (χ3v) is 4.20. The van der Waals surface area contributed by atoms with E-state index in [1.165, 1.54) is 0 Å². The molecule has 0 saturated heterocycles. The van der Waals surface area contributed by atoms with E-state index >= 15 is 0 Å². The molecule has 140 valence electrons. The molecule has 1 aromatic carbocycles. The highest BCUT2D eigenvalue weighted by Crippen LogP contribution is 2.20. The van der Waals surface area contributed by atoms with Crippen molar-refractivity contribution >= 4 is 39.0 Å². The Labute approximate surface area is 168 Å². The summed E-state index contributed by atoms with van der Waals surface area (Å²) in [6.07, 6.45) is 3.51. The van der Waals surface area contributed by atoms with Gasteiger partial charge in [0.05, 0.1) is 0 Å². The van der Waals surface area contributed by atoms with Crippen molar-refractivity contribution in [2.24, 2.45) is 0 Å². The van der Waals surface area contributed by atoms with Crippen LogP contribution in [-0.4, -0.2) is 25.7 Å². The van der Waals surface area contributed by atoms with E-state index < -0.39 is 0 Å². The smallest absolute Gasteiger partial charge is 0.291 e. The van der Waals surface area contributed by atoms with E-state index in [1.54, 1.807) is 35.1 Å². The van der Waals surface area contributed by atoms with E-state index in [9.17, 15) is 4.79 Å². The highest BCUT2D eigenvalue weighted by Gasteiger charge is 2.11. The lowest BCUT2D eigenvalue weighted by Crippen LogP contribution is -2.10. The lowest BCUT2D eigenvalue weighted by molar-refractivity contribution is 0.0995. The first-order chi connectivity index (χ1) is 13.6. The lowest BCUT2D eigenvalue weighted by Gasteiger charge is -2.10. The zero-order valence-corrected chi connectivity index (χ0v) is 16.3. The van der Waals surface area contributed by atoms with Crippen molar-refractivity contribution in [1.82, 2.24) is 19.7 Å². The quantitative estimate of drug-likeness (QED) is 0.481. The van der Waals surface area contributed by atoms with Crippen molar-refractivity contribution in [2.45, 2.75) is 6.92 Å². The first kappa shape index (κ1) is 17.9. The van der Waals surface area contributed by atoms with Crippen LogP contribution in [0, 0.1) is 6.92 Å². The summed E-state index contributed by atoms with van der Waals surface area (Å²) in [5.41, 5.74) is 1.47. The van der Waals surface area contributed by atoms with E-state index in [4.69, 9.17) is 4.42 Å². The molecule has 28 heavy (non-hydrogen) atoms. The predicted molar refractivity (Wildman–Crippen MR) is 108 cm³/mol. The summed E-state index contributed by atoms with van der Waals surface area (Å²) < 4.78 is 7.42. The van der Waals surface area contributed by atoms with Crippen molar-refractivity contribution in [2.75, 3.05) is 10.6 Å². The second-order valence-electron chi connectivity index (χ2n) is 5.87. The van der Waals surface area contributed by atoms with Gasteiger partial charge in [-0.25, -0.2) is 14.6 Å². The lowest BCUT2D eigenvalue weighted by atomic mass is 10.2. The summed E-state index contributed by atoms with van der Waals surface area (Å²) in [5, 5.41) is 10.2. The van der Waals surface area contributed by atoms with Gasteiger partial charge in [-0.3, -0.25) is 4.79 Å². The Morgan fingerprint density at radius 2 is 1.89 bits per heavy atom. The minimum absolute atomic E-state index is 0.233. The number of anilines is 3. The molecule has 0 bridgehead atoms. The van der Waals surface area contributed by atoms with Crippen LogP contribution in [0.5, 0.6) is 0 Å². The van der Waals surface area contributed by atoms with Gasteiger partial charge in [0.2, 0.25) is 0 Å². The van der Waals surface area contributed by atoms with Crippen LogP contribution in [0.1, 0.15) is 16.4 Å². The van der Waals surface area contributed by atoms with Gasteiger partial charge in [0.1, 0.15) is 11.6 Å². The number of aromatic nitrogens is 4. The average Bonchev–Trinajstić information content (AvgIpc) is 3.35. The van der Waals surface area contributed by atoms with Gasteiger partial charge in [-0.15, -0.1) is 0 Å². The molecule has 0 aliphatic rings. The molecule has 0 aliphatic carbocycles. The molecule has 0 fully saturated rings. The highest BCUT2D eigenvalue weighted by molar-refractivity contribution is 9.10. The molecular formula is C19H15BrN6O2. The first-order valence-corrected chi connectivity index (χ1v) is 9.15. The monoisotopic (exact) mass is 438 g/mol. The van der Waals surface area contributed by atoms with Crippen LogP contribution in [0.25, 0.3) is 5.82 Å². The van der Waals surface area contributed by atoms with Crippen molar-refractivity contribution < 1.29 is 9.21 Å². The number of aryl methyl sites for hydroxylation is 1. The van der Waals surface area contributed by atoms with Crippen LogP contribution in [-0.2, 0) is 0 Å². The fourth-order valence-corrected chi connectivity index (χ4v) is 2.86. The Bertz CT molecular complexity index is 1110. The molecule has 9 heteroatoms. The number of benzene rings is 1. The van der Waals surface area contributed by atoms with Crippen molar-refractivity contribution in [3.63, 3.8) is 0 Å². The van der Waals surface area contributed by atoms with Gasteiger partial charge < -0.3 is 15.1 Å². The summed E-state index contributed by atoms with van der Waals surface area (Å²) >= 11 is 3.18. The summed E-state index contributed by atoms with van der Waals surface area (Å²) in [7, 11) is 0. The normalized spacial score (nSPS) is 10.6. The molecule has 4 rings (SSSR count). The second-order valence-corrected chi connectivity index (χ2v) is 6.65. The molecular weight excluding hydrogens is 424 g/mol. The number of hydrogen-bond donors (Lipinski definition) is 2. The summed E-state index contributed by atoms with van der Waals surface area (Å²) in [4.78, 5) is 20.9. The van der Waals surface area contributed by atoms with Crippen molar-refractivity contribution in [1.29, 1.82) is 0 Å². The van der Waals surface area contributed by atoms with Crippen LogP contribution in [0.4, 0.5) is 17.2 Å². The standard InChI is InChI=1S/C19H15BrN6O2/c1-12-22-17(11-18(23-12)26-10-2-9-21-26)24-13-3-5-14(6-4-13)25-19(27)15-7-8-16(20)28-15/h2-11H,1H3,(H,25,27)(H,22,23,24). The fourth-order valence-electron chi connectivity index (χ4n) is 2.55. The zero-order chi connectivity index (χ0) is 19.5. The number of furan rings is 1. The SMILES string of the molecule is Cc1nc(Nc2ccc(NC(=O)c3ccc(Br)o3)cc2)cc(-n2cccn2)n1. The molecule has 0 unspecified atom stereocenters. The maximum atomic E-state index is 12.1. The van der Waals surface area contributed by atoms with Crippen molar-refractivity contribution in [3.05, 3.63) is 77.2 Å². The third-order valence-electron chi connectivity index (χ3n) is 3.78. The fraction of sp³-hybridized carbons (Fsp3) is 0.0526. The Morgan fingerprint density at radius 3 is 2.57 bits per heavy atom. The molecule has 4 aromatic rings. The largest absolute Gasteiger partial charge is 0.444 e. The van der Waals surface area contributed by atoms with Crippen LogP contribution in [0.2, 0.25) is 0 Å². The average molecular weight is 439 g/mol. The number of carbonyl (C=O) groups excluding carboxylic acids is 1. The number of nitrogens with zero attached hydrogens (tertiary/aromatic N) is 4. The van der Waals surface area contributed by atoms with E-state index in [0.717, 1.165) is 5.69 Å². The van der Waals surface area contributed by atoms with E-state index in [0.29, 0.717) is 27.8 Å². The van der Waals surface area contributed by atoms with Crippen LogP contribution >= 0.6 is 15.9 Å². The summed E-state index contributed by atoms with van der Waals surface area (Å²) in [5.74, 6) is 1.87. The first-order valence-electron chi connectivity index (χ1n) is 8.36. The van der Waals surface area contributed by atoms with Gasteiger partial charge in [0, 0.05) is 29.8 Å². The van der Waals surface area contributed by atoms with E-state index in [1.807, 2.05) is 37.4 Å². The number of carbonyl (C=O) groups is 1. The van der Waals surface area contributed by atoms with Gasteiger partial charge >= 0.3 is 0 Å². The molecule has 2 N–H and O–H groups in total. The maximum Gasteiger partial charge on any atom is 0.291 e. The minimum Gasteiger partial charge on any atom is -0.444 e. The van der Waals surface area contributed by atoms with Gasteiger partial charge in [0.25, 0.3) is 5.91 Å². The number of amides is 1. The zero-order valence-electron chi connectivity index (χ0n) is 14.8. The Balaban J connectivity index is 1.47. The molecule has 8 nitrogen and oxygen atoms in total. The minimum atomic E-state index is -0.318. The Morgan fingerprint density at radius 1 is 1.11 bits per heavy atom. The van der Waals surface area contributed by atoms with E-state index in [-0.39, 0.29) is 11.7 Å². The molecule has 0 radical (unpaired) electrons. The van der Waals surface area contributed by atoms with Crippen molar-refractivity contribution in [3.8, 4) is 5.82 Å². The molecule has 0 spiro atoms. The van der Waals surface area contributed by atoms with Crippen LogP contribution in [0.15, 0.2) is 70.0 Å². The number of nitrogens with one attached hydrogen (secondary N) is 2. The number of hydrogen-bond acceptors (Lipinski definition) is 6. The predicted octanol–water partition coefficient (Wildman–Crippen LogP) is 4.32. The molecule has 0 saturated carbocycles. The molecule has 0 aliphatic heterocycles. The van der Waals surface area contributed by atoms with E-state index in [2.05, 4.69) is 41.6 Å². The van der Waals surface area contributed by atoms with Gasteiger partial charge in [-0.05, 0) is 65.3 Å². The molecule has 3 aromatic heterocycles. The van der Waals surface area contributed by atoms with Crippen LogP contribution in [0.3, 0.4) is 0 Å². The topological polar surface area (TPSA) is 97.9 Å². The maximum absolute atomic E-state index is 12.1. The molecule has 1 amide bonds. The molecule has 0 atom stereocenters. The number of rotatable bonds is 5. The van der Waals surface area contributed by atoms with Gasteiger partial charge in [0.15, 0.2) is 16.2 Å². The molecule has 3 heterocycles. The Kier molecular flexibility index (Phi) is 4.90. The number of halogens is 1. The second kappa shape index (κ2) is 7.65. The summed E-state index contributed by atoms with van der Waals surface area (Å²) in [6, 6.07) is 14.2.